The van der Waals surface area contributed by atoms with Crippen LogP contribution in [0.2, 0.25) is 0 Å². The molecule has 2 bridgehead atoms. The fourth-order valence-corrected chi connectivity index (χ4v) is 2.93. The van der Waals surface area contributed by atoms with E-state index in [-0.39, 0.29) is 30.7 Å². The quantitative estimate of drug-likeness (QED) is 0.831. The van der Waals surface area contributed by atoms with E-state index in [9.17, 15) is 9.59 Å². The van der Waals surface area contributed by atoms with Crippen LogP contribution in [0.3, 0.4) is 0 Å². The van der Waals surface area contributed by atoms with Gasteiger partial charge >= 0.3 is 12.0 Å². The van der Waals surface area contributed by atoms with E-state index in [0.29, 0.717) is 26.1 Å². The number of carboxylic acids is 1. The summed E-state index contributed by atoms with van der Waals surface area (Å²) in [5.41, 5.74) is 0. The highest BCUT2D eigenvalue weighted by atomic mass is 16.5. The third-order valence-corrected chi connectivity index (χ3v) is 3.97. The first-order valence-electron chi connectivity index (χ1n) is 7.40. The normalized spacial score (nSPS) is 25.1. The molecule has 2 aliphatic rings. The molecule has 0 aromatic heterocycles. The predicted octanol–water partition coefficient (Wildman–Crippen LogP) is 1.54. The molecule has 0 aromatic rings. The zero-order chi connectivity index (χ0) is 14.7. The fourth-order valence-electron chi connectivity index (χ4n) is 2.93. The highest BCUT2D eigenvalue weighted by Crippen LogP contribution is 2.27. The SMILES string of the molecule is CC(C)N(CCCC(=O)O)C(=O)N1CC2CCC(C1)O2. The lowest BCUT2D eigenvalue weighted by Gasteiger charge is -2.37. The van der Waals surface area contributed by atoms with Gasteiger partial charge in [-0.1, -0.05) is 0 Å². The monoisotopic (exact) mass is 284 g/mol. The molecule has 114 valence electrons. The Kier molecular flexibility index (Phi) is 4.86. The minimum atomic E-state index is -0.814. The Morgan fingerprint density at radius 3 is 2.40 bits per heavy atom. The molecule has 2 atom stereocenters. The number of hydrogen-bond donors (Lipinski definition) is 1. The molecule has 0 aromatic carbocycles. The van der Waals surface area contributed by atoms with Crippen molar-refractivity contribution < 1.29 is 19.4 Å². The number of nitrogens with zero attached hydrogens (tertiary/aromatic N) is 2. The molecule has 0 saturated carbocycles. The predicted molar refractivity (Wildman–Crippen MR) is 73.6 cm³/mol. The first kappa shape index (κ1) is 15.1. The average molecular weight is 284 g/mol. The molecule has 0 aliphatic carbocycles. The lowest BCUT2D eigenvalue weighted by atomic mass is 10.2. The molecule has 2 fully saturated rings. The standard InChI is InChI=1S/C14H24N2O4/c1-10(2)16(7-3-4-13(17)18)14(19)15-8-11-5-6-12(9-15)20-11/h10-12H,3-9H2,1-2H3,(H,17,18). The molecular weight excluding hydrogens is 260 g/mol. The molecule has 6 nitrogen and oxygen atoms in total. The highest BCUT2D eigenvalue weighted by molar-refractivity contribution is 5.75. The number of hydrogen-bond acceptors (Lipinski definition) is 3. The van der Waals surface area contributed by atoms with E-state index in [1.54, 1.807) is 4.90 Å². The van der Waals surface area contributed by atoms with Gasteiger partial charge in [-0.3, -0.25) is 4.79 Å². The summed E-state index contributed by atoms with van der Waals surface area (Å²) >= 11 is 0. The Hall–Kier alpha value is -1.30. The van der Waals surface area contributed by atoms with Gasteiger partial charge in [0, 0.05) is 32.1 Å². The van der Waals surface area contributed by atoms with Gasteiger partial charge < -0.3 is 19.6 Å². The number of ether oxygens (including phenoxy) is 1. The average Bonchev–Trinajstić information content (AvgIpc) is 2.72. The Bertz CT molecular complexity index is 360. The number of morpholine rings is 1. The number of aliphatic carboxylic acids is 1. The summed E-state index contributed by atoms with van der Waals surface area (Å²) in [7, 11) is 0. The summed E-state index contributed by atoms with van der Waals surface area (Å²) in [4.78, 5) is 26.8. The van der Waals surface area contributed by atoms with Crippen LogP contribution in [0.5, 0.6) is 0 Å². The van der Waals surface area contributed by atoms with Gasteiger partial charge in [0.2, 0.25) is 0 Å². The molecule has 2 rings (SSSR count). The Balaban J connectivity index is 1.91. The molecule has 2 amide bonds. The van der Waals surface area contributed by atoms with Crippen LogP contribution in [0.25, 0.3) is 0 Å². The fraction of sp³-hybridized carbons (Fsp3) is 0.857. The third-order valence-electron chi connectivity index (χ3n) is 3.97. The van der Waals surface area contributed by atoms with Crippen LogP contribution >= 0.6 is 0 Å². The molecule has 2 saturated heterocycles. The number of fused-ring (bicyclic) bond motifs is 2. The number of carbonyl (C=O) groups is 2. The number of rotatable bonds is 5. The minimum Gasteiger partial charge on any atom is -0.481 e. The van der Waals surface area contributed by atoms with E-state index in [2.05, 4.69) is 0 Å². The Labute approximate surface area is 119 Å². The van der Waals surface area contributed by atoms with Gasteiger partial charge in [0.05, 0.1) is 12.2 Å². The van der Waals surface area contributed by atoms with E-state index < -0.39 is 5.97 Å². The van der Waals surface area contributed by atoms with Gasteiger partial charge in [0.1, 0.15) is 0 Å². The van der Waals surface area contributed by atoms with Crippen LogP contribution < -0.4 is 0 Å². The summed E-state index contributed by atoms with van der Waals surface area (Å²) in [6.45, 7) is 5.76. The summed E-state index contributed by atoms with van der Waals surface area (Å²) in [6, 6.07) is 0.0994. The van der Waals surface area contributed by atoms with E-state index in [1.807, 2.05) is 18.7 Å². The van der Waals surface area contributed by atoms with Crippen molar-refractivity contribution in [3.05, 3.63) is 0 Å². The summed E-state index contributed by atoms with van der Waals surface area (Å²) < 4.78 is 5.74. The molecule has 6 heteroatoms. The highest BCUT2D eigenvalue weighted by Gasteiger charge is 2.37. The molecule has 2 heterocycles. The van der Waals surface area contributed by atoms with Gasteiger partial charge in [0.15, 0.2) is 0 Å². The van der Waals surface area contributed by atoms with Crippen LogP contribution in [-0.2, 0) is 9.53 Å². The van der Waals surface area contributed by atoms with Crippen molar-refractivity contribution in [1.29, 1.82) is 0 Å². The van der Waals surface area contributed by atoms with E-state index in [0.717, 1.165) is 12.8 Å². The molecule has 0 radical (unpaired) electrons. The maximum Gasteiger partial charge on any atom is 0.320 e. The Morgan fingerprint density at radius 2 is 1.90 bits per heavy atom. The van der Waals surface area contributed by atoms with E-state index >= 15 is 0 Å². The van der Waals surface area contributed by atoms with Gasteiger partial charge in [-0.2, -0.15) is 0 Å². The second-order valence-electron chi connectivity index (χ2n) is 5.93. The van der Waals surface area contributed by atoms with Crippen molar-refractivity contribution >= 4 is 12.0 Å². The zero-order valence-electron chi connectivity index (χ0n) is 12.2. The molecule has 2 aliphatic heterocycles. The van der Waals surface area contributed by atoms with Crippen LogP contribution in [0.4, 0.5) is 4.79 Å². The lowest BCUT2D eigenvalue weighted by Crippen LogP contribution is -2.53. The van der Waals surface area contributed by atoms with Crippen LogP contribution in [0.15, 0.2) is 0 Å². The maximum absolute atomic E-state index is 12.6. The molecular formula is C14H24N2O4. The largest absolute Gasteiger partial charge is 0.481 e. The summed E-state index contributed by atoms with van der Waals surface area (Å²) in [5, 5.41) is 8.70. The number of amides is 2. The molecule has 1 N–H and O–H groups in total. The molecule has 0 spiro atoms. The van der Waals surface area contributed by atoms with Crippen LogP contribution in [-0.4, -0.2) is 64.8 Å². The maximum atomic E-state index is 12.6. The van der Waals surface area contributed by atoms with E-state index in [1.165, 1.54) is 0 Å². The third kappa shape index (κ3) is 3.62. The number of urea groups is 1. The van der Waals surface area contributed by atoms with Crippen molar-refractivity contribution in [3.63, 3.8) is 0 Å². The van der Waals surface area contributed by atoms with Gasteiger partial charge in [-0.25, -0.2) is 4.79 Å². The van der Waals surface area contributed by atoms with Crippen molar-refractivity contribution in [2.24, 2.45) is 0 Å². The Morgan fingerprint density at radius 1 is 1.30 bits per heavy atom. The number of likely N-dealkylation sites (tertiary alicyclic amines) is 1. The van der Waals surface area contributed by atoms with Crippen molar-refractivity contribution in [2.75, 3.05) is 19.6 Å². The second-order valence-corrected chi connectivity index (χ2v) is 5.93. The smallest absolute Gasteiger partial charge is 0.320 e. The minimum absolute atomic E-state index is 0.0191. The van der Waals surface area contributed by atoms with Crippen LogP contribution in [0, 0.1) is 0 Å². The second kappa shape index (κ2) is 6.43. The lowest BCUT2D eigenvalue weighted by molar-refractivity contribution is -0.137. The summed E-state index contributed by atoms with van der Waals surface area (Å²) in [5.74, 6) is -0.814. The summed E-state index contributed by atoms with van der Waals surface area (Å²) in [6.07, 6.45) is 3.04. The van der Waals surface area contributed by atoms with Crippen molar-refractivity contribution in [1.82, 2.24) is 9.80 Å². The van der Waals surface area contributed by atoms with Crippen LogP contribution in [0.1, 0.15) is 39.5 Å². The van der Waals surface area contributed by atoms with Gasteiger partial charge in [0.25, 0.3) is 0 Å². The first-order valence-corrected chi connectivity index (χ1v) is 7.40. The topological polar surface area (TPSA) is 70.1 Å². The first-order chi connectivity index (χ1) is 9.47. The molecule has 2 unspecified atom stereocenters. The van der Waals surface area contributed by atoms with Crippen molar-refractivity contribution in [3.8, 4) is 0 Å². The van der Waals surface area contributed by atoms with Gasteiger partial charge in [-0.15, -0.1) is 0 Å². The number of carbonyl (C=O) groups excluding carboxylic acids is 1. The molecule has 20 heavy (non-hydrogen) atoms. The van der Waals surface area contributed by atoms with E-state index in [4.69, 9.17) is 9.84 Å². The van der Waals surface area contributed by atoms with Crippen molar-refractivity contribution in [2.45, 2.75) is 57.8 Å². The van der Waals surface area contributed by atoms with Gasteiger partial charge in [-0.05, 0) is 33.1 Å². The number of carboxylic acid groups (broad SMARTS) is 1. The zero-order valence-corrected chi connectivity index (χ0v) is 12.2.